The lowest BCUT2D eigenvalue weighted by atomic mass is 10.1. The molecule has 0 atom stereocenters. The van der Waals surface area contributed by atoms with E-state index in [0.29, 0.717) is 12.0 Å². The van der Waals surface area contributed by atoms with Gasteiger partial charge in [0.25, 0.3) is 0 Å². The molecule has 0 aliphatic carbocycles. The lowest BCUT2D eigenvalue weighted by molar-refractivity contribution is -0.117. The lowest BCUT2D eigenvalue weighted by Gasteiger charge is -2.01. The summed E-state index contributed by atoms with van der Waals surface area (Å²) in [6, 6.07) is 1.51. The molecule has 0 spiro atoms. The van der Waals surface area contributed by atoms with Gasteiger partial charge < -0.3 is 5.73 Å². The highest BCUT2D eigenvalue weighted by atomic mass is 32.2. The standard InChI is InChI=1S/C9H12N2O3S/c1-15(13,14)8-4-7(5-11-6-8)2-3-9(10)12/h4-6H,2-3H2,1H3,(H2,10,12). The van der Waals surface area contributed by atoms with Crippen molar-refractivity contribution in [3.05, 3.63) is 24.0 Å². The number of amides is 1. The third kappa shape index (κ3) is 3.67. The second-order valence-electron chi connectivity index (χ2n) is 3.27. The Morgan fingerprint density at radius 2 is 2.13 bits per heavy atom. The van der Waals surface area contributed by atoms with Crippen LogP contribution in [0, 0.1) is 0 Å². The molecule has 1 rings (SSSR count). The van der Waals surface area contributed by atoms with Crippen LogP contribution in [0.3, 0.4) is 0 Å². The summed E-state index contributed by atoms with van der Waals surface area (Å²) < 4.78 is 22.4. The zero-order valence-corrected chi connectivity index (χ0v) is 9.12. The first kappa shape index (κ1) is 11.6. The van der Waals surface area contributed by atoms with Crippen molar-refractivity contribution in [2.24, 2.45) is 5.73 Å². The summed E-state index contributed by atoms with van der Waals surface area (Å²) in [7, 11) is -3.24. The zero-order valence-electron chi connectivity index (χ0n) is 8.30. The Hall–Kier alpha value is -1.43. The van der Waals surface area contributed by atoms with E-state index in [9.17, 15) is 13.2 Å². The summed E-state index contributed by atoms with van der Waals surface area (Å²) in [5.74, 6) is -0.417. The quantitative estimate of drug-likeness (QED) is 0.779. The zero-order chi connectivity index (χ0) is 11.5. The molecule has 82 valence electrons. The van der Waals surface area contributed by atoms with Gasteiger partial charge in [0.1, 0.15) is 0 Å². The predicted molar refractivity (Wildman–Crippen MR) is 54.9 cm³/mol. The van der Waals surface area contributed by atoms with Crippen molar-refractivity contribution >= 4 is 15.7 Å². The Morgan fingerprint density at radius 3 is 2.67 bits per heavy atom. The molecule has 15 heavy (non-hydrogen) atoms. The van der Waals surface area contributed by atoms with E-state index in [0.717, 1.165) is 6.26 Å². The number of sulfone groups is 1. The van der Waals surface area contributed by atoms with Crippen molar-refractivity contribution in [2.45, 2.75) is 17.7 Å². The number of carbonyl (C=O) groups excluding carboxylic acids is 1. The first-order valence-electron chi connectivity index (χ1n) is 4.32. The SMILES string of the molecule is CS(=O)(=O)c1cncc(CCC(N)=O)c1. The number of rotatable bonds is 4. The molecule has 1 aromatic heterocycles. The van der Waals surface area contributed by atoms with Crippen LogP contribution >= 0.6 is 0 Å². The Morgan fingerprint density at radius 1 is 1.47 bits per heavy atom. The van der Waals surface area contributed by atoms with E-state index < -0.39 is 15.7 Å². The number of nitrogens with two attached hydrogens (primary N) is 1. The fourth-order valence-corrected chi connectivity index (χ4v) is 1.69. The molecule has 1 heterocycles. The van der Waals surface area contributed by atoms with Crippen LogP contribution in [0.4, 0.5) is 0 Å². The minimum Gasteiger partial charge on any atom is -0.370 e. The molecular formula is C9H12N2O3S. The van der Waals surface area contributed by atoms with Crippen molar-refractivity contribution in [1.82, 2.24) is 4.98 Å². The molecule has 0 radical (unpaired) electrons. The topological polar surface area (TPSA) is 90.1 Å². The largest absolute Gasteiger partial charge is 0.370 e. The van der Waals surface area contributed by atoms with Gasteiger partial charge in [-0.3, -0.25) is 9.78 Å². The molecule has 0 saturated heterocycles. The summed E-state index contributed by atoms with van der Waals surface area (Å²) in [4.78, 5) is 14.5. The molecular weight excluding hydrogens is 216 g/mol. The minimum atomic E-state index is -3.24. The van der Waals surface area contributed by atoms with Gasteiger partial charge >= 0.3 is 0 Å². The maximum Gasteiger partial charge on any atom is 0.217 e. The number of carbonyl (C=O) groups is 1. The van der Waals surface area contributed by atoms with Crippen LogP contribution in [-0.2, 0) is 21.1 Å². The van der Waals surface area contributed by atoms with Crippen LogP contribution in [0.5, 0.6) is 0 Å². The first-order valence-corrected chi connectivity index (χ1v) is 6.21. The number of nitrogens with zero attached hydrogens (tertiary/aromatic N) is 1. The van der Waals surface area contributed by atoms with E-state index >= 15 is 0 Å². The van der Waals surface area contributed by atoms with Gasteiger partial charge in [-0.25, -0.2) is 8.42 Å². The maximum absolute atomic E-state index is 11.2. The minimum absolute atomic E-state index is 0.157. The molecule has 1 aromatic rings. The van der Waals surface area contributed by atoms with Gasteiger partial charge in [-0.1, -0.05) is 0 Å². The van der Waals surface area contributed by atoms with Gasteiger partial charge in [-0.05, 0) is 18.1 Å². The van der Waals surface area contributed by atoms with E-state index in [1.54, 1.807) is 0 Å². The summed E-state index contributed by atoms with van der Waals surface area (Å²) in [5.41, 5.74) is 5.68. The first-order chi connectivity index (χ1) is 6.89. The monoisotopic (exact) mass is 228 g/mol. The number of aryl methyl sites for hydroxylation is 1. The van der Waals surface area contributed by atoms with Crippen molar-refractivity contribution in [2.75, 3.05) is 6.26 Å². The van der Waals surface area contributed by atoms with Gasteiger partial charge in [0.2, 0.25) is 5.91 Å². The molecule has 0 aromatic carbocycles. The van der Waals surface area contributed by atoms with E-state index in [4.69, 9.17) is 5.73 Å². The van der Waals surface area contributed by atoms with E-state index in [-0.39, 0.29) is 11.3 Å². The van der Waals surface area contributed by atoms with Crippen LogP contribution in [0.25, 0.3) is 0 Å². The van der Waals surface area contributed by atoms with Gasteiger partial charge in [0.15, 0.2) is 9.84 Å². The van der Waals surface area contributed by atoms with Crippen LogP contribution in [0.1, 0.15) is 12.0 Å². The number of pyridine rings is 1. The van der Waals surface area contributed by atoms with E-state index in [1.165, 1.54) is 18.5 Å². The molecule has 5 nitrogen and oxygen atoms in total. The highest BCUT2D eigenvalue weighted by Gasteiger charge is 2.08. The molecule has 0 aliphatic rings. The average molecular weight is 228 g/mol. The van der Waals surface area contributed by atoms with E-state index in [1.807, 2.05) is 0 Å². The molecule has 0 fully saturated rings. The molecule has 0 unspecified atom stereocenters. The van der Waals surface area contributed by atoms with Crippen molar-refractivity contribution in [3.63, 3.8) is 0 Å². The van der Waals surface area contributed by atoms with Gasteiger partial charge in [-0.2, -0.15) is 0 Å². The van der Waals surface area contributed by atoms with Crippen molar-refractivity contribution < 1.29 is 13.2 Å². The van der Waals surface area contributed by atoms with Crippen LogP contribution < -0.4 is 5.73 Å². The number of primary amides is 1. The predicted octanol–water partition coefficient (Wildman–Crippen LogP) is -0.0970. The second-order valence-corrected chi connectivity index (χ2v) is 5.28. The van der Waals surface area contributed by atoms with Gasteiger partial charge in [0.05, 0.1) is 4.90 Å². The molecule has 2 N–H and O–H groups in total. The average Bonchev–Trinajstić information content (AvgIpc) is 2.14. The van der Waals surface area contributed by atoms with Gasteiger partial charge in [0, 0.05) is 25.1 Å². The normalized spacial score (nSPS) is 11.3. The maximum atomic E-state index is 11.2. The smallest absolute Gasteiger partial charge is 0.217 e. The summed E-state index contributed by atoms with van der Waals surface area (Å²) >= 11 is 0. The highest BCUT2D eigenvalue weighted by molar-refractivity contribution is 7.90. The Bertz CT molecular complexity index is 468. The van der Waals surface area contributed by atoms with E-state index in [2.05, 4.69) is 4.98 Å². The molecule has 0 bridgehead atoms. The third-order valence-corrected chi connectivity index (χ3v) is 2.94. The van der Waals surface area contributed by atoms with Crippen LogP contribution in [0.15, 0.2) is 23.4 Å². The van der Waals surface area contributed by atoms with Crippen LogP contribution in [-0.4, -0.2) is 25.6 Å². The fraction of sp³-hybridized carbons (Fsp3) is 0.333. The number of aromatic nitrogens is 1. The van der Waals surface area contributed by atoms with Crippen LogP contribution in [0.2, 0.25) is 0 Å². The lowest BCUT2D eigenvalue weighted by Crippen LogP contribution is -2.11. The molecule has 6 heteroatoms. The molecule has 0 saturated carbocycles. The second kappa shape index (κ2) is 4.39. The fourth-order valence-electron chi connectivity index (χ4n) is 1.07. The van der Waals surface area contributed by atoms with Crippen molar-refractivity contribution in [1.29, 1.82) is 0 Å². The molecule has 1 amide bonds. The summed E-state index contributed by atoms with van der Waals surface area (Å²) in [6.45, 7) is 0. The van der Waals surface area contributed by atoms with Gasteiger partial charge in [-0.15, -0.1) is 0 Å². The Kier molecular flexibility index (Phi) is 3.41. The number of hydrogen-bond donors (Lipinski definition) is 1. The number of hydrogen-bond acceptors (Lipinski definition) is 4. The third-order valence-electron chi connectivity index (χ3n) is 1.86. The summed E-state index contributed by atoms with van der Waals surface area (Å²) in [5, 5.41) is 0. The summed E-state index contributed by atoms with van der Waals surface area (Å²) in [6.07, 6.45) is 4.52. The molecule has 0 aliphatic heterocycles. The Balaban J connectivity index is 2.89. The Labute approximate surface area is 88.2 Å². The highest BCUT2D eigenvalue weighted by Crippen LogP contribution is 2.10. The van der Waals surface area contributed by atoms with Crippen molar-refractivity contribution in [3.8, 4) is 0 Å².